The lowest BCUT2D eigenvalue weighted by molar-refractivity contribution is -0.383. The Morgan fingerprint density at radius 2 is 2.16 bits per heavy atom. The van der Waals surface area contributed by atoms with Crippen LogP contribution < -0.4 is 11.1 Å². The molecule has 0 aliphatic heterocycles. The van der Waals surface area contributed by atoms with Gasteiger partial charge in [-0.15, -0.1) is 0 Å². The van der Waals surface area contributed by atoms with Gasteiger partial charge in [0, 0.05) is 11.1 Å². The van der Waals surface area contributed by atoms with Crippen molar-refractivity contribution in [3.63, 3.8) is 0 Å². The van der Waals surface area contributed by atoms with E-state index in [9.17, 15) is 14.9 Å². The number of nitrogens with one attached hydrogen (secondary N) is 1. The van der Waals surface area contributed by atoms with Crippen molar-refractivity contribution in [1.29, 1.82) is 0 Å². The Hall–Kier alpha value is -1.66. The fourth-order valence-corrected chi connectivity index (χ4v) is 1.78. The third-order valence-electron chi connectivity index (χ3n) is 2.48. The van der Waals surface area contributed by atoms with Crippen molar-refractivity contribution in [2.24, 2.45) is 11.7 Å². The third-order valence-corrected chi connectivity index (χ3v) is 2.71. The molecule has 0 aromatic heterocycles. The zero-order chi connectivity index (χ0) is 14.6. The number of carbonyl (C=O) groups excluding carboxylic acids is 1. The number of rotatable bonds is 5. The molecule has 1 aromatic carbocycles. The van der Waals surface area contributed by atoms with Gasteiger partial charge in [-0.25, -0.2) is 0 Å². The van der Waals surface area contributed by atoms with Crippen molar-refractivity contribution in [2.75, 3.05) is 5.32 Å². The average molecular weight is 286 g/mol. The number of benzene rings is 1. The van der Waals surface area contributed by atoms with E-state index >= 15 is 0 Å². The number of nitro benzene ring substituents is 1. The van der Waals surface area contributed by atoms with Crippen LogP contribution in [0, 0.1) is 16.0 Å². The number of halogens is 1. The van der Waals surface area contributed by atoms with Gasteiger partial charge in [0.15, 0.2) is 0 Å². The Kier molecular flexibility index (Phi) is 5.26. The summed E-state index contributed by atoms with van der Waals surface area (Å²) in [5.41, 5.74) is 5.56. The first-order chi connectivity index (χ1) is 8.81. The number of anilines is 1. The Morgan fingerprint density at radius 1 is 1.53 bits per heavy atom. The van der Waals surface area contributed by atoms with Gasteiger partial charge < -0.3 is 11.1 Å². The lowest BCUT2D eigenvalue weighted by Gasteiger charge is -2.14. The number of amides is 1. The predicted octanol–water partition coefficient (Wildman–Crippen LogP) is 2.56. The van der Waals surface area contributed by atoms with Crippen LogP contribution >= 0.6 is 11.6 Å². The molecule has 0 aliphatic rings. The average Bonchev–Trinajstić information content (AvgIpc) is 2.27. The summed E-state index contributed by atoms with van der Waals surface area (Å²) in [7, 11) is 0. The van der Waals surface area contributed by atoms with Crippen LogP contribution in [0.5, 0.6) is 0 Å². The third kappa shape index (κ3) is 4.50. The zero-order valence-electron chi connectivity index (χ0n) is 10.7. The van der Waals surface area contributed by atoms with E-state index in [2.05, 4.69) is 5.32 Å². The van der Waals surface area contributed by atoms with Crippen molar-refractivity contribution in [3.8, 4) is 0 Å². The van der Waals surface area contributed by atoms with Crippen molar-refractivity contribution in [1.82, 2.24) is 0 Å². The maximum Gasteiger partial charge on any atom is 0.292 e. The topological polar surface area (TPSA) is 98.3 Å². The van der Waals surface area contributed by atoms with E-state index in [0.717, 1.165) is 0 Å². The highest BCUT2D eigenvalue weighted by Gasteiger charge is 2.20. The molecule has 0 fully saturated rings. The van der Waals surface area contributed by atoms with Gasteiger partial charge in [-0.2, -0.15) is 0 Å². The van der Waals surface area contributed by atoms with E-state index in [0.29, 0.717) is 11.4 Å². The normalized spacial score (nSPS) is 12.3. The van der Waals surface area contributed by atoms with Gasteiger partial charge in [-0.1, -0.05) is 25.4 Å². The highest BCUT2D eigenvalue weighted by atomic mass is 35.5. The lowest BCUT2D eigenvalue weighted by Crippen LogP contribution is -2.36. The molecule has 3 N–H and O–H groups in total. The molecule has 0 bridgehead atoms. The molecule has 0 radical (unpaired) electrons. The standard InChI is InChI=1S/C12H16ClN3O3/c1-7(2)5-9(14)12(17)15-10-6-8(13)3-4-11(10)16(18)19/h3-4,6-7,9H,5,14H2,1-2H3,(H,15,17)/t9-/m0/s1. The molecule has 6 nitrogen and oxygen atoms in total. The van der Waals surface area contributed by atoms with Crippen LogP contribution in [0.1, 0.15) is 20.3 Å². The van der Waals surface area contributed by atoms with Gasteiger partial charge in [-0.3, -0.25) is 14.9 Å². The molecule has 1 amide bonds. The number of hydrogen-bond acceptors (Lipinski definition) is 4. The zero-order valence-corrected chi connectivity index (χ0v) is 11.5. The first-order valence-electron chi connectivity index (χ1n) is 5.81. The Bertz CT molecular complexity index is 491. The van der Waals surface area contributed by atoms with Crippen molar-refractivity contribution >= 4 is 28.9 Å². The number of carbonyl (C=O) groups is 1. The van der Waals surface area contributed by atoms with Crippen LogP contribution in [-0.2, 0) is 4.79 Å². The minimum Gasteiger partial charge on any atom is -0.320 e. The van der Waals surface area contributed by atoms with E-state index < -0.39 is 16.9 Å². The molecule has 0 unspecified atom stereocenters. The molecule has 104 valence electrons. The van der Waals surface area contributed by atoms with Gasteiger partial charge in [0.2, 0.25) is 5.91 Å². The van der Waals surface area contributed by atoms with E-state index in [1.54, 1.807) is 0 Å². The van der Waals surface area contributed by atoms with Gasteiger partial charge >= 0.3 is 0 Å². The van der Waals surface area contributed by atoms with Crippen LogP contribution in [-0.4, -0.2) is 16.9 Å². The smallest absolute Gasteiger partial charge is 0.292 e. The summed E-state index contributed by atoms with van der Waals surface area (Å²) in [6.45, 7) is 3.88. The van der Waals surface area contributed by atoms with Gasteiger partial charge in [0.05, 0.1) is 11.0 Å². The van der Waals surface area contributed by atoms with Crippen LogP contribution in [0.3, 0.4) is 0 Å². The predicted molar refractivity (Wildman–Crippen MR) is 74.2 cm³/mol. The molecular formula is C12H16ClN3O3. The summed E-state index contributed by atoms with van der Waals surface area (Å²) in [4.78, 5) is 22.1. The van der Waals surface area contributed by atoms with E-state index in [1.807, 2.05) is 13.8 Å². The fourth-order valence-electron chi connectivity index (χ4n) is 1.61. The minimum absolute atomic E-state index is 0.0571. The van der Waals surface area contributed by atoms with Crippen molar-refractivity contribution in [3.05, 3.63) is 33.3 Å². The molecule has 0 saturated heterocycles. The SMILES string of the molecule is CC(C)C[C@H](N)C(=O)Nc1cc(Cl)ccc1[N+](=O)[O-]. The Morgan fingerprint density at radius 3 is 2.68 bits per heavy atom. The summed E-state index contributed by atoms with van der Waals surface area (Å²) < 4.78 is 0. The summed E-state index contributed by atoms with van der Waals surface area (Å²) in [5.74, 6) is -0.200. The second kappa shape index (κ2) is 6.49. The van der Waals surface area contributed by atoms with Crippen LogP contribution in [0.15, 0.2) is 18.2 Å². The first kappa shape index (κ1) is 15.4. The summed E-state index contributed by atoms with van der Waals surface area (Å²) in [6, 6.07) is 3.26. The molecule has 0 spiro atoms. The molecule has 1 aromatic rings. The summed E-state index contributed by atoms with van der Waals surface area (Å²) >= 11 is 5.76. The number of hydrogen-bond donors (Lipinski definition) is 2. The van der Waals surface area contributed by atoms with Crippen LogP contribution in [0.4, 0.5) is 11.4 Å². The monoisotopic (exact) mass is 285 g/mol. The van der Waals surface area contributed by atoms with E-state index in [4.69, 9.17) is 17.3 Å². The number of nitrogens with zero attached hydrogens (tertiary/aromatic N) is 1. The molecule has 7 heteroatoms. The first-order valence-corrected chi connectivity index (χ1v) is 6.19. The molecule has 0 heterocycles. The summed E-state index contributed by atoms with van der Waals surface area (Å²) in [5, 5.41) is 13.6. The molecule has 19 heavy (non-hydrogen) atoms. The molecule has 0 saturated carbocycles. The summed E-state index contributed by atoms with van der Waals surface area (Å²) in [6.07, 6.45) is 0.500. The maximum atomic E-state index is 11.8. The van der Waals surface area contributed by atoms with Gasteiger partial charge in [-0.05, 0) is 24.5 Å². The highest BCUT2D eigenvalue weighted by Crippen LogP contribution is 2.27. The van der Waals surface area contributed by atoms with Gasteiger partial charge in [0.1, 0.15) is 5.69 Å². The van der Waals surface area contributed by atoms with Crippen molar-refractivity contribution < 1.29 is 9.72 Å². The molecule has 1 rings (SSSR count). The molecular weight excluding hydrogens is 270 g/mol. The minimum atomic E-state index is -0.710. The Labute approximate surface area is 116 Å². The maximum absolute atomic E-state index is 11.8. The number of nitrogens with two attached hydrogens (primary N) is 1. The molecule has 0 aliphatic carbocycles. The quantitative estimate of drug-likeness (QED) is 0.641. The van der Waals surface area contributed by atoms with Crippen LogP contribution in [0.2, 0.25) is 5.02 Å². The largest absolute Gasteiger partial charge is 0.320 e. The van der Waals surface area contributed by atoms with Crippen LogP contribution in [0.25, 0.3) is 0 Å². The van der Waals surface area contributed by atoms with E-state index in [-0.39, 0.29) is 17.3 Å². The number of nitro groups is 1. The Balaban J connectivity index is 2.89. The second-order valence-corrected chi connectivity index (χ2v) is 5.08. The highest BCUT2D eigenvalue weighted by molar-refractivity contribution is 6.31. The van der Waals surface area contributed by atoms with Crippen molar-refractivity contribution in [2.45, 2.75) is 26.3 Å². The lowest BCUT2D eigenvalue weighted by atomic mass is 10.0. The molecule has 1 atom stereocenters. The second-order valence-electron chi connectivity index (χ2n) is 4.64. The fraction of sp³-hybridized carbons (Fsp3) is 0.417. The van der Waals surface area contributed by atoms with Gasteiger partial charge in [0.25, 0.3) is 5.69 Å². The van der Waals surface area contributed by atoms with E-state index in [1.165, 1.54) is 18.2 Å².